The highest BCUT2D eigenvalue weighted by Crippen LogP contribution is 2.15. The summed E-state index contributed by atoms with van der Waals surface area (Å²) in [5, 5.41) is 0. The monoisotopic (exact) mass is 275 g/mol. The summed E-state index contributed by atoms with van der Waals surface area (Å²) >= 11 is 0. The summed E-state index contributed by atoms with van der Waals surface area (Å²) in [5.74, 6) is -0.539. The van der Waals surface area contributed by atoms with E-state index in [9.17, 15) is 9.18 Å². The maximum atomic E-state index is 13.0. The molecular weight excluding hydrogens is 257 g/mol. The Morgan fingerprint density at radius 1 is 1.47 bits per heavy atom. The van der Waals surface area contributed by atoms with Crippen LogP contribution in [0.1, 0.15) is 27.2 Å². The smallest absolute Gasteiger partial charge is 0.394 e. The van der Waals surface area contributed by atoms with E-state index >= 15 is 0 Å². The van der Waals surface area contributed by atoms with Gasteiger partial charge >= 0.3 is 16.4 Å². The van der Waals surface area contributed by atoms with Gasteiger partial charge in [-0.2, -0.15) is 8.42 Å². The summed E-state index contributed by atoms with van der Waals surface area (Å²) in [4.78, 5) is 10.9. The molecule has 104 valence electrons. The molecule has 0 rings (SSSR count). The summed E-state index contributed by atoms with van der Waals surface area (Å²) < 4.78 is 49.2. The van der Waals surface area contributed by atoms with Gasteiger partial charge in [0.25, 0.3) is 0 Å². The van der Waals surface area contributed by atoms with Crippen molar-refractivity contribution in [1.29, 1.82) is 0 Å². The lowest BCUT2D eigenvalue weighted by Crippen LogP contribution is -2.37. The number of ether oxygens (including phenoxy) is 1. The molecule has 0 saturated carbocycles. The summed E-state index contributed by atoms with van der Waals surface area (Å²) in [5.41, 5.74) is 3.95. The van der Waals surface area contributed by atoms with Gasteiger partial charge in [0.2, 0.25) is 0 Å². The number of nitrogens with two attached hydrogens (primary N) is 1. The van der Waals surface area contributed by atoms with Crippen molar-refractivity contribution in [2.75, 3.05) is 6.61 Å². The fraction of sp³-hybridized carbons (Fsp3) is 0.875. The van der Waals surface area contributed by atoms with E-state index in [0.717, 1.165) is 0 Å². The Balaban J connectivity index is 0. The van der Waals surface area contributed by atoms with Gasteiger partial charge in [-0.3, -0.25) is 13.9 Å². The molecule has 0 unspecified atom stereocenters. The number of carbonyl (C=O) groups is 1. The molecule has 0 bridgehead atoms. The van der Waals surface area contributed by atoms with Gasteiger partial charge < -0.3 is 10.5 Å². The Morgan fingerprint density at radius 2 is 1.82 bits per heavy atom. The molecule has 0 aliphatic carbocycles. The summed E-state index contributed by atoms with van der Waals surface area (Å²) in [7, 11) is -4.67. The molecule has 0 aliphatic rings. The van der Waals surface area contributed by atoms with E-state index in [0.29, 0.717) is 0 Å². The number of carbonyl (C=O) groups excluding carboxylic acids is 1. The Morgan fingerprint density at radius 3 is 2.06 bits per heavy atom. The summed E-state index contributed by atoms with van der Waals surface area (Å²) in [6.45, 7) is 4.72. The van der Waals surface area contributed by atoms with Gasteiger partial charge in [0.15, 0.2) is 0 Å². The summed E-state index contributed by atoms with van der Waals surface area (Å²) in [6.07, 6.45) is -0.00810. The van der Waals surface area contributed by atoms with Crippen LogP contribution in [0.15, 0.2) is 0 Å². The van der Waals surface area contributed by atoms with Crippen LogP contribution in [0.5, 0.6) is 0 Å². The quantitative estimate of drug-likeness (QED) is 0.499. The molecule has 0 spiro atoms. The number of hydrogen-bond acceptors (Lipinski definition) is 5. The molecule has 0 heterocycles. The predicted molar refractivity (Wildman–Crippen MR) is 58.6 cm³/mol. The average molecular weight is 275 g/mol. The number of hydrogen-bond donors (Lipinski definition) is 3. The molecule has 17 heavy (non-hydrogen) atoms. The second-order valence-corrected chi connectivity index (χ2v) is 4.62. The van der Waals surface area contributed by atoms with E-state index in [-0.39, 0.29) is 13.0 Å². The van der Waals surface area contributed by atoms with Crippen molar-refractivity contribution in [3.05, 3.63) is 0 Å². The minimum Gasteiger partial charge on any atom is -0.465 e. The SMILES string of the molecule is CCOC(=O)[C@@H](N)CC(C)(C)F.O=S(=O)(O)O. The molecule has 0 aromatic carbocycles. The highest BCUT2D eigenvalue weighted by molar-refractivity contribution is 7.79. The Labute approximate surface area is 99.7 Å². The zero-order chi connectivity index (χ0) is 14.3. The highest BCUT2D eigenvalue weighted by Gasteiger charge is 2.25. The van der Waals surface area contributed by atoms with Gasteiger partial charge in [0.05, 0.1) is 6.61 Å². The zero-order valence-corrected chi connectivity index (χ0v) is 10.7. The highest BCUT2D eigenvalue weighted by atomic mass is 32.3. The van der Waals surface area contributed by atoms with Crippen LogP contribution in [0.25, 0.3) is 0 Å². The van der Waals surface area contributed by atoms with E-state index in [4.69, 9.17) is 23.3 Å². The van der Waals surface area contributed by atoms with Crippen molar-refractivity contribution in [2.45, 2.75) is 38.9 Å². The zero-order valence-electron chi connectivity index (χ0n) is 9.88. The van der Waals surface area contributed by atoms with Crippen molar-refractivity contribution >= 4 is 16.4 Å². The third-order valence-electron chi connectivity index (χ3n) is 1.29. The van der Waals surface area contributed by atoms with Gasteiger partial charge in [-0.1, -0.05) is 0 Å². The third kappa shape index (κ3) is 21.1. The molecule has 0 aromatic rings. The molecule has 0 saturated heterocycles. The van der Waals surface area contributed by atoms with Crippen LogP contribution >= 0.6 is 0 Å². The van der Waals surface area contributed by atoms with Crippen LogP contribution in [0.4, 0.5) is 4.39 Å². The van der Waals surface area contributed by atoms with Crippen LogP contribution < -0.4 is 5.73 Å². The van der Waals surface area contributed by atoms with E-state index in [1.807, 2.05) is 0 Å². The molecule has 0 aliphatic heterocycles. The molecule has 0 amide bonds. The van der Waals surface area contributed by atoms with Crippen molar-refractivity contribution in [1.82, 2.24) is 0 Å². The average Bonchev–Trinajstić information content (AvgIpc) is 1.97. The molecule has 1 atom stereocenters. The number of esters is 1. The predicted octanol–water partition coefficient (Wildman–Crippen LogP) is 0.362. The van der Waals surface area contributed by atoms with E-state index in [2.05, 4.69) is 4.74 Å². The lowest BCUT2D eigenvalue weighted by molar-refractivity contribution is -0.145. The maximum absolute atomic E-state index is 13.0. The number of halogens is 1. The third-order valence-corrected chi connectivity index (χ3v) is 1.29. The van der Waals surface area contributed by atoms with Gasteiger partial charge in [-0.05, 0) is 20.8 Å². The van der Waals surface area contributed by atoms with Crippen molar-refractivity contribution in [2.24, 2.45) is 5.73 Å². The summed E-state index contributed by atoms with van der Waals surface area (Å²) in [6, 6.07) is -0.857. The van der Waals surface area contributed by atoms with E-state index < -0.39 is 28.1 Å². The van der Waals surface area contributed by atoms with Crippen LogP contribution in [0.3, 0.4) is 0 Å². The first-order chi connectivity index (χ1) is 7.37. The standard InChI is InChI=1S/C8H16FNO2.H2O4S/c1-4-12-7(11)6(10)5-8(2,3)9;1-5(2,3)4/h6H,4-5,10H2,1-3H3;(H2,1,2,3,4)/t6-;/m0./s1. The van der Waals surface area contributed by atoms with Crippen LogP contribution in [-0.4, -0.2) is 41.8 Å². The van der Waals surface area contributed by atoms with Gasteiger partial charge in [0, 0.05) is 6.42 Å². The molecule has 0 aromatic heterocycles. The maximum Gasteiger partial charge on any atom is 0.394 e. The molecule has 0 radical (unpaired) electrons. The van der Waals surface area contributed by atoms with Gasteiger partial charge in [-0.25, -0.2) is 4.39 Å². The van der Waals surface area contributed by atoms with Crippen LogP contribution in [0.2, 0.25) is 0 Å². The molecule has 9 heteroatoms. The van der Waals surface area contributed by atoms with Crippen molar-refractivity contribution in [3.8, 4) is 0 Å². The first-order valence-corrected chi connectivity index (χ1v) is 6.07. The first kappa shape index (κ1) is 18.6. The molecule has 7 nitrogen and oxygen atoms in total. The van der Waals surface area contributed by atoms with E-state index in [1.165, 1.54) is 13.8 Å². The Bertz CT molecular complexity index is 315. The number of alkyl halides is 1. The second-order valence-electron chi connectivity index (χ2n) is 3.73. The second kappa shape index (κ2) is 7.54. The van der Waals surface area contributed by atoms with Crippen molar-refractivity contribution in [3.63, 3.8) is 0 Å². The van der Waals surface area contributed by atoms with Crippen LogP contribution in [0, 0.1) is 0 Å². The minimum atomic E-state index is -4.67. The van der Waals surface area contributed by atoms with E-state index in [1.54, 1.807) is 6.92 Å². The normalized spacial score (nSPS) is 13.4. The molecule has 4 N–H and O–H groups in total. The Hall–Kier alpha value is -0.770. The van der Waals surface area contributed by atoms with Gasteiger partial charge in [0.1, 0.15) is 11.7 Å². The minimum absolute atomic E-state index is 0.00810. The fourth-order valence-electron chi connectivity index (χ4n) is 0.856. The first-order valence-electron chi connectivity index (χ1n) is 4.68. The number of rotatable bonds is 4. The largest absolute Gasteiger partial charge is 0.465 e. The van der Waals surface area contributed by atoms with Gasteiger partial charge in [-0.15, -0.1) is 0 Å². The van der Waals surface area contributed by atoms with Crippen molar-refractivity contribution < 1.29 is 31.4 Å². The topological polar surface area (TPSA) is 127 Å². The Kier molecular flexibility index (Phi) is 8.24. The van der Waals surface area contributed by atoms with Crippen LogP contribution in [-0.2, 0) is 19.9 Å². The molecule has 0 fully saturated rings. The molecular formula is C8H18FNO6S. The lowest BCUT2D eigenvalue weighted by atomic mass is 10.0. The lowest BCUT2D eigenvalue weighted by Gasteiger charge is -2.17. The fourth-order valence-corrected chi connectivity index (χ4v) is 0.856.